The van der Waals surface area contributed by atoms with Crippen LogP contribution in [0.1, 0.15) is 39.3 Å². The second kappa shape index (κ2) is 6.23. The molecule has 4 heteroatoms. The number of anilines is 1. The average Bonchev–Trinajstić information content (AvgIpc) is 2.84. The van der Waals surface area contributed by atoms with E-state index in [0.29, 0.717) is 6.04 Å². The van der Waals surface area contributed by atoms with Crippen LogP contribution in [0.3, 0.4) is 0 Å². The number of rotatable bonds is 5. The molecule has 2 rings (SSSR count). The molecular weight excluding hydrogens is 224 g/mol. The third-order valence-corrected chi connectivity index (χ3v) is 3.82. The first-order chi connectivity index (χ1) is 8.80. The van der Waals surface area contributed by atoms with Crippen molar-refractivity contribution in [2.75, 3.05) is 24.5 Å². The lowest BCUT2D eigenvalue weighted by molar-refractivity contribution is 0.428. The number of likely N-dealkylation sites (N-methyl/N-ethyl adjacent to an activating group) is 1. The van der Waals surface area contributed by atoms with Crippen molar-refractivity contribution in [1.29, 1.82) is 0 Å². The summed E-state index contributed by atoms with van der Waals surface area (Å²) in [6.07, 6.45) is 5.77. The number of hydrogen-bond donors (Lipinski definition) is 1. The van der Waals surface area contributed by atoms with Gasteiger partial charge in [0.05, 0.1) is 5.69 Å². The maximum Gasteiger partial charge on any atom is 0.205 e. The van der Waals surface area contributed by atoms with Gasteiger partial charge in [-0.1, -0.05) is 6.92 Å². The second-order valence-electron chi connectivity index (χ2n) is 4.96. The average molecular weight is 250 g/mol. The van der Waals surface area contributed by atoms with Crippen LogP contribution in [-0.2, 0) is 13.0 Å². The van der Waals surface area contributed by atoms with E-state index in [9.17, 15) is 0 Å². The first kappa shape index (κ1) is 13.4. The van der Waals surface area contributed by atoms with Gasteiger partial charge in [-0.3, -0.25) is 0 Å². The Kier molecular flexibility index (Phi) is 4.64. The smallest absolute Gasteiger partial charge is 0.205 e. The van der Waals surface area contributed by atoms with Crippen LogP contribution in [0.2, 0.25) is 0 Å². The van der Waals surface area contributed by atoms with Crippen molar-refractivity contribution in [3.8, 4) is 0 Å². The third kappa shape index (κ3) is 2.69. The molecule has 1 N–H and O–H groups in total. The van der Waals surface area contributed by atoms with Gasteiger partial charge in [0.15, 0.2) is 0 Å². The largest absolute Gasteiger partial charge is 0.338 e. The number of nitrogens with one attached hydrogen (secondary N) is 1. The van der Waals surface area contributed by atoms with Gasteiger partial charge in [0.1, 0.15) is 0 Å². The van der Waals surface area contributed by atoms with Gasteiger partial charge in [0.2, 0.25) is 5.95 Å². The molecular formula is C14H26N4. The maximum atomic E-state index is 4.81. The Morgan fingerprint density at radius 1 is 1.44 bits per heavy atom. The lowest BCUT2D eigenvalue weighted by Gasteiger charge is -2.34. The molecule has 0 bridgehead atoms. The summed E-state index contributed by atoms with van der Waals surface area (Å²) in [5.41, 5.74) is 1.20. The number of aryl methyl sites for hydroxylation is 2. The van der Waals surface area contributed by atoms with Gasteiger partial charge < -0.3 is 14.8 Å². The Morgan fingerprint density at radius 2 is 2.28 bits per heavy atom. The molecule has 1 aromatic rings. The van der Waals surface area contributed by atoms with E-state index >= 15 is 0 Å². The number of imidazole rings is 1. The third-order valence-electron chi connectivity index (χ3n) is 3.82. The monoisotopic (exact) mass is 250 g/mol. The molecule has 4 nitrogen and oxygen atoms in total. The van der Waals surface area contributed by atoms with E-state index < -0.39 is 0 Å². The summed E-state index contributed by atoms with van der Waals surface area (Å²) >= 11 is 0. The van der Waals surface area contributed by atoms with Gasteiger partial charge in [-0.2, -0.15) is 0 Å². The number of aromatic nitrogens is 2. The van der Waals surface area contributed by atoms with E-state index in [1.165, 1.54) is 18.5 Å². The van der Waals surface area contributed by atoms with Crippen LogP contribution in [0.15, 0.2) is 6.20 Å². The number of hydrogen-bond acceptors (Lipinski definition) is 3. The van der Waals surface area contributed by atoms with Crippen LogP contribution in [0.4, 0.5) is 5.95 Å². The first-order valence-corrected chi connectivity index (χ1v) is 7.33. The van der Waals surface area contributed by atoms with Gasteiger partial charge in [-0.25, -0.2) is 4.98 Å². The summed E-state index contributed by atoms with van der Waals surface area (Å²) in [5, 5.41) is 3.50. The summed E-state index contributed by atoms with van der Waals surface area (Å²) in [6, 6.07) is 0.598. The maximum absolute atomic E-state index is 4.81. The molecule has 1 aliphatic rings. The zero-order valence-corrected chi connectivity index (χ0v) is 11.9. The van der Waals surface area contributed by atoms with Crippen molar-refractivity contribution in [2.24, 2.45) is 0 Å². The molecule has 0 aliphatic carbocycles. The predicted octanol–water partition coefficient (Wildman–Crippen LogP) is 2.04. The highest BCUT2D eigenvalue weighted by Gasteiger charge is 2.23. The molecule has 0 aromatic carbocycles. The minimum absolute atomic E-state index is 0.598. The highest BCUT2D eigenvalue weighted by atomic mass is 15.3. The standard InChI is InChI=1S/C14H26N4/c1-4-12-11-17(5-2)14(16-12)18(6-3)13-8-7-9-15-10-13/h11,13,15H,4-10H2,1-3H3. The van der Waals surface area contributed by atoms with Crippen LogP contribution in [0, 0.1) is 0 Å². The molecule has 1 fully saturated rings. The molecule has 18 heavy (non-hydrogen) atoms. The van der Waals surface area contributed by atoms with Crippen LogP contribution in [0.25, 0.3) is 0 Å². The zero-order valence-electron chi connectivity index (χ0n) is 11.9. The fourth-order valence-electron chi connectivity index (χ4n) is 2.75. The van der Waals surface area contributed by atoms with E-state index in [2.05, 4.69) is 41.8 Å². The van der Waals surface area contributed by atoms with Crippen molar-refractivity contribution in [3.05, 3.63) is 11.9 Å². The van der Waals surface area contributed by atoms with Crippen molar-refractivity contribution in [2.45, 2.75) is 52.6 Å². The Balaban J connectivity index is 2.22. The Morgan fingerprint density at radius 3 is 2.83 bits per heavy atom. The van der Waals surface area contributed by atoms with Crippen molar-refractivity contribution < 1.29 is 0 Å². The minimum Gasteiger partial charge on any atom is -0.338 e. The number of piperidine rings is 1. The Labute approximate surface area is 110 Å². The summed E-state index contributed by atoms with van der Waals surface area (Å²) < 4.78 is 2.29. The summed E-state index contributed by atoms with van der Waals surface area (Å²) in [4.78, 5) is 7.27. The second-order valence-corrected chi connectivity index (χ2v) is 4.96. The van der Waals surface area contributed by atoms with E-state index in [1.807, 2.05) is 0 Å². The van der Waals surface area contributed by atoms with Gasteiger partial charge in [0.25, 0.3) is 0 Å². The molecule has 0 spiro atoms. The lowest BCUT2D eigenvalue weighted by Crippen LogP contribution is -2.47. The molecule has 1 aromatic heterocycles. The number of nitrogens with zero attached hydrogens (tertiary/aromatic N) is 3. The Hall–Kier alpha value is -1.03. The topological polar surface area (TPSA) is 33.1 Å². The van der Waals surface area contributed by atoms with E-state index in [0.717, 1.165) is 38.5 Å². The normalized spacial score (nSPS) is 20.1. The van der Waals surface area contributed by atoms with E-state index in [4.69, 9.17) is 4.98 Å². The molecule has 2 heterocycles. The van der Waals surface area contributed by atoms with Crippen molar-refractivity contribution in [1.82, 2.24) is 14.9 Å². The molecule has 1 unspecified atom stereocenters. The SMILES string of the molecule is CCc1cn(CC)c(N(CC)C2CCCNC2)n1. The fourth-order valence-corrected chi connectivity index (χ4v) is 2.75. The van der Waals surface area contributed by atoms with Gasteiger partial charge in [0, 0.05) is 31.9 Å². The lowest BCUT2D eigenvalue weighted by atomic mass is 10.1. The molecule has 1 aliphatic heterocycles. The first-order valence-electron chi connectivity index (χ1n) is 7.33. The fraction of sp³-hybridized carbons (Fsp3) is 0.786. The van der Waals surface area contributed by atoms with Crippen molar-refractivity contribution >= 4 is 5.95 Å². The van der Waals surface area contributed by atoms with Gasteiger partial charge in [-0.15, -0.1) is 0 Å². The van der Waals surface area contributed by atoms with E-state index in [1.54, 1.807) is 0 Å². The van der Waals surface area contributed by atoms with Gasteiger partial charge >= 0.3 is 0 Å². The highest BCUT2D eigenvalue weighted by Crippen LogP contribution is 2.20. The minimum atomic E-state index is 0.598. The predicted molar refractivity (Wildman–Crippen MR) is 76.2 cm³/mol. The summed E-state index contributed by atoms with van der Waals surface area (Å²) in [7, 11) is 0. The van der Waals surface area contributed by atoms with Crippen LogP contribution >= 0.6 is 0 Å². The van der Waals surface area contributed by atoms with Crippen LogP contribution in [0.5, 0.6) is 0 Å². The van der Waals surface area contributed by atoms with E-state index in [-0.39, 0.29) is 0 Å². The van der Waals surface area contributed by atoms with Gasteiger partial charge in [-0.05, 0) is 39.7 Å². The molecule has 102 valence electrons. The highest BCUT2D eigenvalue weighted by molar-refractivity contribution is 5.35. The van der Waals surface area contributed by atoms with Crippen LogP contribution < -0.4 is 10.2 Å². The van der Waals surface area contributed by atoms with Crippen molar-refractivity contribution in [3.63, 3.8) is 0 Å². The molecule has 0 saturated carbocycles. The summed E-state index contributed by atoms with van der Waals surface area (Å²) in [5.74, 6) is 1.16. The Bertz CT molecular complexity index is 366. The van der Waals surface area contributed by atoms with Crippen LogP contribution in [-0.4, -0.2) is 35.2 Å². The molecule has 1 saturated heterocycles. The quantitative estimate of drug-likeness (QED) is 0.868. The molecule has 0 amide bonds. The summed E-state index contributed by atoms with van der Waals surface area (Å²) in [6.45, 7) is 10.9. The molecule has 0 radical (unpaired) electrons. The zero-order chi connectivity index (χ0) is 13.0. The molecule has 1 atom stereocenters.